The van der Waals surface area contributed by atoms with Crippen LogP contribution in [0.5, 0.6) is 0 Å². The van der Waals surface area contributed by atoms with E-state index in [0.717, 1.165) is 16.7 Å². The molecule has 2 aromatic heterocycles. The maximum Gasteiger partial charge on any atom is 0.323 e. The molecule has 0 unspecified atom stereocenters. The van der Waals surface area contributed by atoms with Crippen molar-refractivity contribution in [1.29, 1.82) is 0 Å². The molecule has 166 valence electrons. The summed E-state index contributed by atoms with van der Waals surface area (Å²) in [4.78, 5) is 29.5. The lowest BCUT2D eigenvalue weighted by Crippen LogP contribution is -2.30. The summed E-state index contributed by atoms with van der Waals surface area (Å²) in [7, 11) is 0. The summed E-state index contributed by atoms with van der Waals surface area (Å²) in [5.41, 5.74) is 4.37. The fourth-order valence-electron chi connectivity index (χ4n) is 3.43. The Hall–Kier alpha value is -3.97. The van der Waals surface area contributed by atoms with Gasteiger partial charge >= 0.3 is 6.03 Å². The lowest BCUT2D eigenvalue weighted by atomic mass is 10.0. The fourth-order valence-corrected chi connectivity index (χ4v) is 3.69. The van der Waals surface area contributed by atoms with Gasteiger partial charge in [0.25, 0.3) is 5.56 Å². The van der Waals surface area contributed by atoms with Gasteiger partial charge in [0.05, 0.1) is 16.4 Å². The molecule has 0 fully saturated rings. The predicted octanol–water partition coefficient (Wildman–Crippen LogP) is 5.60. The minimum absolute atomic E-state index is 0.118. The molecule has 2 N–H and O–H groups in total. The molecule has 0 bridgehead atoms. The molecule has 4 rings (SSSR count). The van der Waals surface area contributed by atoms with Gasteiger partial charge in [-0.25, -0.2) is 9.48 Å². The van der Waals surface area contributed by atoms with Crippen molar-refractivity contribution in [3.05, 3.63) is 94.0 Å². The van der Waals surface area contributed by atoms with Crippen LogP contribution in [-0.2, 0) is 6.54 Å². The first-order chi connectivity index (χ1) is 16.0. The molecule has 7 nitrogen and oxygen atoms in total. The van der Waals surface area contributed by atoms with E-state index in [4.69, 9.17) is 11.6 Å². The van der Waals surface area contributed by atoms with Crippen molar-refractivity contribution in [2.24, 2.45) is 0 Å². The molecule has 2 amide bonds. The van der Waals surface area contributed by atoms with E-state index in [1.807, 2.05) is 61.5 Å². The normalized spacial score (nSPS) is 10.6. The van der Waals surface area contributed by atoms with Crippen molar-refractivity contribution >= 4 is 29.0 Å². The number of urea groups is 1. The number of nitrogens with zero attached hydrogens (tertiary/aromatic N) is 3. The Kier molecular flexibility index (Phi) is 6.51. The number of nitrogens with one attached hydrogen (secondary N) is 2. The van der Waals surface area contributed by atoms with Gasteiger partial charge < -0.3 is 10.6 Å². The molecular formula is C25H22ClN5O2. The predicted molar refractivity (Wildman–Crippen MR) is 132 cm³/mol. The van der Waals surface area contributed by atoms with Crippen molar-refractivity contribution in [3.8, 4) is 22.4 Å². The number of amides is 2. The second-order valence-electron chi connectivity index (χ2n) is 7.40. The van der Waals surface area contributed by atoms with Crippen molar-refractivity contribution in [3.63, 3.8) is 0 Å². The first kappa shape index (κ1) is 22.2. The van der Waals surface area contributed by atoms with Gasteiger partial charge in [-0.3, -0.25) is 9.78 Å². The van der Waals surface area contributed by atoms with E-state index in [-0.39, 0.29) is 5.69 Å². The lowest BCUT2D eigenvalue weighted by molar-refractivity contribution is 0.262. The van der Waals surface area contributed by atoms with E-state index in [0.29, 0.717) is 28.5 Å². The monoisotopic (exact) mass is 459 g/mol. The molecule has 0 aliphatic rings. The smallest absolute Gasteiger partial charge is 0.306 e. The highest BCUT2D eigenvalue weighted by Crippen LogP contribution is 2.26. The van der Waals surface area contributed by atoms with Gasteiger partial charge in [0.1, 0.15) is 5.69 Å². The Balaban J connectivity index is 1.67. The molecule has 0 radical (unpaired) electrons. The van der Waals surface area contributed by atoms with Crippen molar-refractivity contribution < 1.29 is 4.79 Å². The van der Waals surface area contributed by atoms with Crippen molar-refractivity contribution in [1.82, 2.24) is 14.8 Å². The Labute approximate surface area is 196 Å². The molecule has 0 aliphatic carbocycles. The zero-order valence-electron chi connectivity index (χ0n) is 18.2. The van der Waals surface area contributed by atoms with Gasteiger partial charge in [-0.15, -0.1) is 0 Å². The van der Waals surface area contributed by atoms with Gasteiger partial charge in [-0.2, -0.15) is 5.10 Å². The van der Waals surface area contributed by atoms with Gasteiger partial charge in [-0.05, 0) is 42.7 Å². The van der Waals surface area contributed by atoms with E-state index in [1.165, 1.54) is 10.9 Å². The summed E-state index contributed by atoms with van der Waals surface area (Å²) in [6.45, 7) is 3.96. The maximum absolute atomic E-state index is 12.8. The topological polar surface area (TPSA) is 88.9 Å². The number of aryl methyl sites for hydroxylation is 2. The quantitative estimate of drug-likeness (QED) is 0.406. The highest BCUT2D eigenvalue weighted by molar-refractivity contribution is 6.33. The Morgan fingerprint density at radius 1 is 0.970 bits per heavy atom. The highest BCUT2D eigenvalue weighted by atomic mass is 35.5. The van der Waals surface area contributed by atoms with Crippen LogP contribution < -0.4 is 16.2 Å². The van der Waals surface area contributed by atoms with Gasteiger partial charge in [0.2, 0.25) is 0 Å². The number of hydrogen-bond acceptors (Lipinski definition) is 4. The number of anilines is 2. The summed E-state index contributed by atoms with van der Waals surface area (Å²) < 4.78 is 1.32. The standard InChI is InChI=1S/C25H22ClN5O2/c1-3-31-24(32)22(28-25(33)29-23-16(2)14-27-15-20(23)26)13-21(30-31)19-11-7-10-18(12-19)17-8-5-4-6-9-17/h4-15H,3H2,1-2H3,(H2,27,28,29,33). The minimum atomic E-state index is -0.582. The zero-order valence-corrected chi connectivity index (χ0v) is 18.9. The molecule has 0 saturated carbocycles. The molecule has 0 spiro atoms. The Bertz CT molecular complexity index is 1350. The molecule has 2 heterocycles. The number of aromatic nitrogens is 3. The highest BCUT2D eigenvalue weighted by Gasteiger charge is 2.14. The van der Waals surface area contributed by atoms with Crippen molar-refractivity contribution in [2.75, 3.05) is 10.6 Å². The molecule has 0 atom stereocenters. The van der Waals surface area contributed by atoms with Crippen LogP contribution in [0.3, 0.4) is 0 Å². The summed E-state index contributed by atoms with van der Waals surface area (Å²) in [5.74, 6) is 0. The van der Waals surface area contributed by atoms with Crippen LogP contribution in [0.4, 0.5) is 16.2 Å². The molecule has 8 heteroatoms. The first-order valence-electron chi connectivity index (χ1n) is 10.4. The minimum Gasteiger partial charge on any atom is -0.306 e. The number of pyridine rings is 1. The van der Waals surface area contributed by atoms with Crippen LogP contribution in [-0.4, -0.2) is 20.8 Å². The largest absolute Gasteiger partial charge is 0.323 e. The Morgan fingerprint density at radius 3 is 2.42 bits per heavy atom. The number of rotatable bonds is 5. The number of carbonyl (C=O) groups is 1. The summed E-state index contributed by atoms with van der Waals surface area (Å²) in [6, 6.07) is 18.9. The number of carbonyl (C=O) groups excluding carboxylic acids is 1. The Morgan fingerprint density at radius 2 is 1.70 bits per heavy atom. The third kappa shape index (κ3) is 4.94. The second-order valence-corrected chi connectivity index (χ2v) is 7.81. The van der Waals surface area contributed by atoms with Gasteiger partial charge in [0.15, 0.2) is 0 Å². The van der Waals surface area contributed by atoms with Gasteiger partial charge in [-0.1, -0.05) is 60.1 Å². The molecule has 0 aliphatic heterocycles. The molecule has 33 heavy (non-hydrogen) atoms. The second kappa shape index (κ2) is 9.67. The number of hydrogen-bond donors (Lipinski definition) is 2. The fraction of sp³-hybridized carbons (Fsp3) is 0.120. The van der Waals surface area contributed by atoms with Crippen LogP contribution in [0, 0.1) is 6.92 Å². The summed E-state index contributed by atoms with van der Waals surface area (Å²) >= 11 is 6.15. The van der Waals surface area contributed by atoms with Crippen LogP contribution in [0.15, 0.2) is 77.9 Å². The van der Waals surface area contributed by atoms with Crippen LogP contribution in [0.2, 0.25) is 5.02 Å². The summed E-state index contributed by atoms with van der Waals surface area (Å²) in [5, 5.41) is 10.1. The zero-order chi connectivity index (χ0) is 23.4. The molecule has 2 aromatic carbocycles. The first-order valence-corrected chi connectivity index (χ1v) is 10.8. The molecular weight excluding hydrogens is 438 g/mol. The third-order valence-electron chi connectivity index (χ3n) is 5.12. The van der Waals surface area contributed by atoms with E-state index in [1.54, 1.807) is 19.2 Å². The lowest BCUT2D eigenvalue weighted by Gasteiger charge is -2.13. The molecule has 0 saturated heterocycles. The average molecular weight is 460 g/mol. The maximum atomic E-state index is 12.8. The van der Waals surface area contributed by atoms with E-state index in [2.05, 4.69) is 20.7 Å². The van der Waals surface area contributed by atoms with Crippen LogP contribution in [0.25, 0.3) is 22.4 Å². The number of halogens is 1. The number of benzene rings is 2. The third-order valence-corrected chi connectivity index (χ3v) is 5.40. The van der Waals surface area contributed by atoms with E-state index >= 15 is 0 Å². The van der Waals surface area contributed by atoms with Crippen LogP contribution in [0.1, 0.15) is 12.5 Å². The van der Waals surface area contributed by atoms with Gasteiger partial charge in [0, 0.05) is 24.5 Å². The van der Waals surface area contributed by atoms with Crippen molar-refractivity contribution in [2.45, 2.75) is 20.4 Å². The van der Waals surface area contributed by atoms with Crippen LogP contribution >= 0.6 is 11.6 Å². The van der Waals surface area contributed by atoms with E-state index in [9.17, 15) is 9.59 Å². The SMILES string of the molecule is CCn1nc(-c2cccc(-c3ccccc3)c2)cc(NC(=O)Nc2c(C)cncc2Cl)c1=O. The summed E-state index contributed by atoms with van der Waals surface area (Å²) in [6.07, 6.45) is 3.04. The van der Waals surface area contributed by atoms with E-state index < -0.39 is 11.6 Å². The average Bonchev–Trinajstić information content (AvgIpc) is 2.83. The molecule has 4 aromatic rings.